The molecule has 0 bridgehead atoms. The quantitative estimate of drug-likeness (QED) is 0.711. The molecule has 2 fully saturated rings. The molecule has 0 N–H and O–H groups in total. The van der Waals surface area contributed by atoms with E-state index >= 15 is 0 Å². The van der Waals surface area contributed by atoms with Gasteiger partial charge in [-0.05, 0) is 50.7 Å². The van der Waals surface area contributed by atoms with Crippen LogP contribution in [0.3, 0.4) is 0 Å². The molecule has 0 aromatic carbocycles. The van der Waals surface area contributed by atoms with E-state index in [4.69, 9.17) is 0 Å². The van der Waals surface area contributed by atoms with E-state index in [1.165, 1.54) is 12.8 Å². The van der Waals surface area contributed by atoms with Gasteiger partial charge in [0.1, 0.15) is 5.52 Å². The fraction of sp³-hybridized carbons (Fsp3) is 0.500. The maximum absolute atomic E-state index is 12.2. The average Bonchev–Trinajstić information content (AvgIpc) is 3.44. The Kier molecular flexibility index (Phi) is 3.95. The molecule has 1 aliphatic carbocycles. The number of rotatable bonds is 4. The highest BCUT2D eigenvalue weighted by Gasteiger charge is 2.27. The minimum absolute atomic E-state index is 0.0167. The minimum atomic E-state index is 0.0167. The highest BCUT2D eigenvalue weighted by molar-refractivity contribution is 5.69. The third kappa shape index (κ3) is 3.22. The monoisotopic (exact) mass is 364 g/mol. The first kappa shape index (κ1) is 16.5. The zero-order chi connectivity index (χ0) is 18.4. The Morgan fingerprint density at radius 3 is 2.70 bits per heavy atom. The summed E-state index contributed by atoms with van der Waals surface area (Å²) in [5.74, 6) is 2.05. The van der Waals surface area contributed by atoms with Gasteiger partial charge < -0.3 is 4.90 Å². The second-order valence-corrected chi connectivity index (χ2v) is 7.85. The first-order chi connectivity index (χ1) is 13.2. The molecular formula is C20H24N6O. The molecule has 3 aromatic heterocycles. The molecule has 0 unspecified atom stereocenters. The van der Waals surface area contributed by atoms with Gasteiger partial charge in [-0.1, -0.05) is 0 Å². The standard InChI is InChI=1S/C20H24N6O/c1-14-12-18-20(21-8-11-25(18)22-14)24-9-6-15(7-10-24)13-26-19(27)5-4-17(23-26)16-2-3-16/h4-5,8,11-12,15-16H,2-3,6-7,9-10,13H2,1H3. The number of hydrogen-bond donors (Lipinski definition) is 0. The fourth-order valence-electron chi connectivity index (χ4n) is 4.04. The molecule has 27 heavy (non-hydrogen) atoms. The van der Waals surface area contributed by atoms with Crippen LogP contribution in [0.4, 0.5) is 5.82 Å². The van der Waals surface area contributed by atoms with Crippen LogP contribution in [0.25, 0.3) is 5.52 Å². The molecule has 0 radical (unpaired) electrons. The van der Waals surface area contributed by atoms with Crippen molar-refractivity contribution in [1.82, 2.24) is 24.4 Å². The van der Waals surface area contributed by atoms with Crippen molar-refractivity contribution < 1.29 is 0 Å². The lowest BCUT2D eigenvalue weighted by Crippen LogP contribution is -2.37. The second kappa shape index (κ2) is 6.48. The average molecular weight is 364 g/mol. The van der Waals surface area contributed by atoms with Crippen molar-refractivity contribution in [2.75, 3.05) is 18.0 Å². The molecule has 4 heterocycles. The molecule has 7 nitrogen and oxygen atoms in total. The molecule has 1 saturated carbocycles. The molecule has 1 saturated heterocycles. The van der Waals surface area contributed by atoms with Gasteiger partial charge in [0, 0.05) is 44.0 Å². The van der Waals surface area contributed by atoms with Gasteiger partial charge >= 0.3 is 0 Å². The zero-order valence-corrected chi connectivity index (χ0v) is 15.6. The Bertz CT molecular complexity index is 1030. The highest BCUT2D eigenvalue weighted by Crippen LogP contribution is 2.38. The molecular weight excluding hydrogens is 340 g/mol. The number of fused-ring (bicyclic) bond motifs is 1. The molecule has 2 aliphatic rings. The largest absolute Gasteiger partial charge is 0.355 e. The Balaban J connectivity index is 1.29. The molecule has 0 amide bonds. The van der Waals surface area contributed by atoms with Crippen LogP contribution in [0.1, 0.15) is 43.0 Å². The van der Waals surface area contributed by atoms with Crippen LogP contribution in [-0.4, -0.2) is 37.5 Å². The molecule has 1 aliphatic heterocycles. The third-order valence-corrected chi connectivity index (χ3v) is 5.72. The van der Waals surface area contributed by atoms with Crippen LogP contribution < -0.4 is 10.5 Å². The summed E-state index contributed by atoms with van der Waals surface area (Å²) >= 11 is 0. The van der Waals surface area contributed by atoms with Crippen LogP contribution in [0.5, 0.6) is 0 Å². The van der Waals surface area contributed by atoms with Gasteiger partial charge in [-0.15, -0.1) is 0 Å². The van der Waals surface area contributed by atoms with E-state index in [2.05, 4.69) is 26.1 Å². The molecule has 5 rings (SSSR count). The predicted molar refractivity (Wildman–Crippen MR) is 103 cm³/mol. The number of aromatic nitrogens is 5. The van der Waals surface area contributed by atoms with E-state index in [1.54, 1.807) is 10.7 Å². The molecule has 3 aromatic rings. The van der Waals surface area contributed by atoms with E-state index in [9.17, 15) is 4.79 Å². The maximum atomic E-state index is 12.2. The first-order valence-corrected chi connectivity index (χ1v) is 9.81. The third-order valence-electron chi connectivity index (χ3n) is 5.72. The predicted octanol–water partition coefficient (Wildman–Crippen LogP) is 2.39. The van der Waals surface area contributed by atoms with E-state index in [1.807, 2.05) is 29.9 Å². The van der Waals surface area contributed by atoms with Gasteiger partial charge in [0.15, 0.2) is 5.82 Å². The van der Waals surface area contributed by atoms with Crippen molar-refractivity contribution in [3.63, 3.8) is 0 Å². The fourth-order valence-corrected chi connectivity index (χ4v) is 4.04. The smallest absolute Gasteiger partial charge is 0.266 e. The van der Waals surface area contributed by atoms with Crippen molar-refractivity contribution in [3.05, 3.63) is 52.3 Å². The van der Waals surface area contributed by atoms with E-state index < -0.39 is 0 Å². The molecule has 7 heteroatoms. The summed E-state index contributed by atoms with van der Waals surface area (Å²) in [5.41, 5.74) is 3.16. The lowest BCUT2D eigenvalue weighted by Gasteiger charge is -2.33. The number of aryl methyl sites for hydroxylation is 1. The number of nitrogens with zero attached hydrogens (tertiary/aromatic N) is 6. The lowest BCUT2D eigenvalue weighted by molar-refractivity contribution is 0.333. The number of anilines is 1. The summed E-state index contributed by atoms with van der Waals surface area (Å²) in [6.07, 6.45) is 8.19. The summed E-state index contributed by atoms with van der Waals surface area (Å²) in [6.45, 7) is 4.61. The van der Waals surface area contributed by atoms with Gasteiger partial charge in [-0.3, -0.25) is 4.79 Å². The minimum Gasteiger partial charge on any atom is -0.355 e. The van der Waals surface area contributed by atoms with Crippen LogP contribution in [0, 0.1) is 12.8 Å². The van der Waals surface area contributed by atoms with Gasteiger partial charge in [0.2, 0.25) is 0 Å². The van der Waals surface area contributed by atoms with Crippen molar-refractivity contribution in [3.8, 4) is 0 Å². The van der Waals surface area contributed by atoms with Crippen molar-refractivity contribution >= 4 is 11.3 Å². The van der Waals surface area contributed by atoms with Gasteiger partial charge in [0.25, 0.3) is 5.56 Å². The van der Waals surface area contributed by atoms with Crippen molar-refractivity contribution in [2.45, 2.75) is 45.1 Å². The maximum Gasteiger partial charge on any atom is 0.266 e. The summed E-state index contributed by atoms with van der Waals surface area (Å²) in [4.78, 5) is 19.1. The van der Waals surface area contributed by atoms with Crippen molar-refractivity contribution in [1.29, 1.82) is 0 Å². The molecule has 140 valence electrons. The van der Waals surface area contributed by atoms with Crippen LogP contribution in [-0.2, 0) is 6.54 Å². The van der Waals surface area contributed by atoms with Crippen LogP contribution in [0.2, 0.25) is 0 Å². The summed E-state index contributed by atoms with van der Waals surface area (Å²) in [5, 5.41) is 9.10. The summed E-state index contributed by atoms with van der Waals surface area (Å²) < 4.78 is 3.59. The van der Waals surface area contributed by atoms with E-state index in [-0.39, 0.29) is 5.56 Å². The first-order valence-electron chi connectivity index (χ1n) is 9.81. The Morgan fingerprint density at radius 1 is 1.11 bits per heavy atom. The van der Waals surface area contributed by atoms with E-state index in [0.717, 1.165) is 55.2 Å². The SMILES string of the molecule is Cc1cc2c(N3CCC(Cn4nc(C5CC5)ccc4=O)CC3)nccn2n1. The molecule has 0 atom stereocenters. The zero-order valence-electron chi connectivity index (χ0n) is 15.6. The number of piperidine rings is 1. The van der Waals surface area contributed by atoms with Crippen molar-refractivity contribution in [2.24, 2.45) is 5.92 Å². The number of hydrogen-bond acceptors (Lipinski definition) is 5. The Hall–Kier alpha value is -2.70. The Morgan fingerprint density at radius 2 is 1.93 bits per heavy atom. The summed E-state index contributed by atoms with van der Waals surface area (Å²) in [6, 6.07) is 5.67. The normalized spacial score (nSPS) is 18.3. The van der Waals surface area contributed by atoms with Gasteiger partial charge in [0.05, 0.1) is 11.4 Å². The van der Waals surface area contributed by atoms with Gasteiger partial charge in [-0.25, -0.2) is 14.2 Å². The van der Waals surface area contributed by atoms with E-state index in [0.29, 0.717) is 11.8 Å². The second-order valence-electron chi connectivity index (χ2n) is 7.85. The highest BCUT2D eigenvalue weighted by atomic mass is 16.1. The van der Waals surface area contributed by atoms with Crippen LogP contribution >= 0.6 is 0 Å². The summed E-state index contributed by atoms with van der Waals surface area (Å²) in [7, 11) is 0. The van der Waals surface area contributed by atoms with Gasteiger partial charge in [-0.2, -0.15) is 10.2 Å². The van der Waals surface area contributed by atoms with Crippen LogP contribution in [0.15, 0.2) is 35.4 Å². The molecule has 0 spiro atoms. The lowest BCUT2D eigenvalue weighted by atomic mass is 9.97. The topological polar surface area (TPSA) is 68.3 Å². The Labute approximate surface area is 157 Å².